The van der Waals surface area contributed by atoms with E-state index in [4.69, 9.17) is 14.9 Å². The molecule has 0 aliphatic carbocycles. The molecule has 0 radical (unpaired) electrons. The van der Waals surface area contributed by atoms with Gasteiger partial charge in [-0.1, -0.05) is 25.1 Å². The number of hydrogen-bond donors (Lipinski definition) is 1. The van der Waals surface area contributed by atoms with Crippen LogP contribution in [0.15, 0.2) is 42.5 Å². The van der Waals surface area contributed by atoms with E-state index in [1.54, 1.807) is 0 Å². The van der Waals surface area contributed by atoms with Gasteiger partial charge < -0.3 is 14.4 Å². The van der Waals surface area contributed by atoms with Crippen molar-refractivity contribution in [3.63, 3.8) is 0 Å². The number of hydrogen-bond acceptors (Lipinski definition) is 3. The van der Waals surface area contributed by atoms with E-state index in [2.05, 4.69) is 30.0 Å². The average Bonchev–Trinajstić information content (AvgIpc) is 3.12. The van der Waals surface area contributed by atoms with E-state index in [1.807, 2.05) is 24.3 Å². The molecule has 2 aliphatic heterocycles. The minimum absolute atomic E-state index is 0.206. The number of likely N-dealkylation sites (tertiary alicyclic amines) is 1. The van der Waals surface area contributed by atoms with Gasteiger partial charge >= 0.3 is 0 Å². The molecule has 0 spiro atoms. The van der Waals surface area contributed by atoms with E-state index in [1.165, 1.54) is 11.1 Å². The molecule has 0 aromatic heterocycles. The summed E-state index contributed by atoms with van der Waals surface area (Å²) in [6.07, 6.45) is 4.28. The van der Waals surface area contributed by atoms with E-state index >= 15 is 0 Å². The number of ether oxygens (including phenoxy) is 2. The van der Waals surface area contributed by atoms with Crippen LogP contribution in [0.25, 0.3) is 0 Å². The lowest BCUT2D eigenvalue weighted by atomic mass is 9.89. The summed E-state index contributed by atoms with van der Waals surface area (Å²) in [6.45, 7) is 4.94. The minimum atomic E-state index is 0.206. The number of piperidine rings is 1. The highest BCUT2D eigenvalue weighted by Gasteiger charge is 2.26. The van der Waals surface area contributed by atoms with E-state index in [9.17, 15) is 0 Å². The first kappa shape index (κ1) is 17.0. The molecule has 4 rings (SSSR count). The maximum absolute atomic E-state index is 8.53. The normalized spacial score (nSPS) is 19.2. The second-order valence-electron chi connectivity index (χ2n) is 7.11. The molecule has 1 saturated heterocycles. The van der Waals surface area contributed by atoms with Crippen LogP contribution < -0.4 is 9.47 Å². The van der Waals surface area contributed by atoms with Gasteiger partial charge in [-0.15, -0.1) is 0 Å². The first-order chi connectivity index (χ1) is 12.7. The molecule has 2 aliphatic rings. The van der Waals surface area contributed by atoms with Crippen molar-refractivity contribution in [1.29, 1.82) is 5.41 Å². The SMILES string of the molecule is CCCN1CCCC(c2ccc(Oc3ccc4c(c3)OCC4)cc2)C1=N. The van der Waals surface area contributed by atoms with Crippen LogP contribution in [-0.4, -0.2) is 30.4 Å². The van der Waals surface area contributed by atoms with Gasteiger partial charge in [-0.25, -0.2) is 0 Å². The zero-order chi connectivity index (χ0) is 17.9. The fourth-order valence-electron chi connectivity index (χ4n) is 3.90. The van der Waals surface area contributed by atoms with Crippen molar-refractivity contribution >= 4 is 5.84 Å². The number of rotatable bonds is 5. The van der Waals surface area contributed by atoms with E-state index < -0.39 is 0 Å². The van der Waals surface area contributed by atoms with Crippen LogP contribution in [0.5, 0.6) is 17.2 Å². The largest absolute Gasteiger partial charge is 0.493 e. The van der Waals surface area contributed by atoms with Gasteiger partial charge in [-0.2, -0.15) is 0 Å². The molecule has 0 bridgehead atoms. The second-order valence-corrected chi connectivity index (χ2v) is 7.11. The molecule has 2 aromatic carbocycles. The van der Waals surface area contributed by atoms with E-state index in [-0.39, 0.29) is 5.92 Å². The maximum Gasteiger partial charge on any atom is 0.131 e. The second kappa shape index (κ2) is 7.40. The molecule has 26 heavy (non-hydrogen) atoms. The molecule has 1 atom stereocenters. The minimum Gasteiger partial charge on any atom is -0.493 e. The average molecular weight is 350 g/mol. The highest BCUT2D eigenvalue weighted by Crippen LogP contribution is 2.33. The molecule has 136 valence electrons. The van der Waals surface area contributed by atoms with Gasteiger partial charge in [0.25, 0.3) is 0 Å². The summed E-state index contributed by atoms with van der Waals surface area (Å²) in [6, 6.07) is 14.3. The first-order valence-electron chi connectivity index (χ1n) is 9.61. The van der Waals surface area contributed by atoms with Crippen molar-refractivity contribution in [1.82, 2.24) is 4.90 Å². The van der Waals surface area contributed by atoms with Crippen LogP contribution in [0.4, 0.5) is 0 Å². The van der Waals surface area contributed by atoms with E-state index in [0.29, 0.717) is 0 Å². The monoisotopic (exact) mass is 350 g/mol. The Morgan fingerprint density at radius 2 is 1.96 bits per heavy atom. The summed E-state index contributed by atoms with van der Waals surface area (Å²) in [5.74, 6) is 3.53. The van der Waals surface area contributed by atoms with Crippen molar-refractivity contribution in [3.8, 4) is 17.2 Å². The van der Waals surface area contributed by atoms with Crippen molar-refractivity contribution in [3.05, 3.63) is 53.6 Å². The highest BCUT2D eigenvalue weighted by molar-refractivity contribution is 5.87. The Morgan fingerprint density at radius 1 is 1.15 bits per heavy atom. The van der Waals surface area contributed by atoms with Crippen LogP contribution in [0.2, 0.25) is 0 Å². The summed E-state index contributed by atoms with van der Waals surface area (Å²) in [5.41, 5.74) is 2.46. The molecule has 1 N–H and O–H groups in total. The zero-order valence-corrected chi connectivity index (χ0v) is 15.3. The van der Waals surface area contributed by atoms with Crippen molar-refractivity contribution in [2.75, 3.05) is 19.7 Å². The van der Waals surface area contributed by atoms with Crippen molar-refractivity contribution in [2.45, 2.75) is 38.5 Å². The molecule has 1 fully saturated rings. The summed E-state index contributed by atoms with van der Waals surface area (Å²) in [5, 5.41) is 8.53. The predicted octanol–water partition coefficient (Wildman–Crippen LogP) is 4.98. The zero-order valence-electron chi connectivity index (χ0n) is 15.3. The molecule has 2 aromatic rings. The predicted molar refractivity (Wildman–Crippen MR) is 104 cm³/mol. The number of amidine groups is 1. The number of nitrogens with zero attached hydrogens (tertiary/aromatic N) is 1. The topological polar surface area (TPSA) is 45.6 Å². The van der Waals surface area contributed by atoms with Crippen LogP contribution in [-0.2, 0) is 6.42 Å². The summed E-state index contributed by atoms with van der Waals surface area (Å²) in [4.78, 5) is 2.23. The Labute approximate surface area is 155 Å². The fraction of sp³-hybridized carbons (Fsp3) is 0.409. The van der Waals surface area contributed by atoms with Gasteiger partial charge in [-0.05, 0) is 48.6 Å². The maximum atomic E-state index is 8.53. The molecular formula is C22H26N2O2. The highest BCUT2D eigenvalue weighted by atomic mass is 16.5. The third-order valence-electron chi connectivity index (χ3n) is 5.27. The van der Waals surface area contributed by atoms with Crippen molar-refractivity contribution < 1.29 is 9.47 Å². The van der Waals surface area contributed by atoms with Gasteiger partial charge in [0.05, 0.1) is 6.61 Å². The lowest BCUT2D eigenvalue weighted by molar-refractivity contribution is 0.352. The van der Waals surface area contributed by atoms with Gasteiger partial charge in [0.2, 0.25) is 0 Å². The molecule has 4 nitrogen and oxygen atoms in total. The quantitative estimate of drug-likeness (QED) is 0.827. The van der Waals surface area contributed by atoms with Gasteiger partial charge in [0, 0.05) is 31.5 Å². The Bertz CT molecular complexity index is 783. The standard InChI is InChI=1S/C22H26N2O2/c1-2-12-24-13-3-4-20(22(24)23)16-5-8-18(9-6-16)26-19-10-7-17-11-14-25-21(17)15-19/h5-10,15,20,23H,2-4,11-14H2,1H3. The first-order valence-corrected chi connectivity index (χ1v) is 9.61. The van der Waals surface area contributed by atoms with Crippen molar-refractivity contribution in [2.24, 2.45) is 0 Å². The fourth-order valence-corrected chi connectivity index (χ4v) is 3.90. The Hall–Kier alpha value is -2.49. The molecule has 1 unspecified atom stereocenters. The lowest BCUT2D eigenvalue weighted by Crippen LogP contribution is -2.40. The Balaban J connectivity index is 1.46. The number of fused-ring (bicyclic) bond motifs is 1. The Morgan fingerprint density at radius 3 is 2.77 bits per heavy atom. The van der Waals surface area contributed by atoms with Crippen LogP contribution in [0.3, 0.4) is 0 Å². The number of benzene rings is 2. The molecule has 0 amide bonds. The van der Waals surface area contributed by atoms with Crippen LogP contribution >= 0.6 is 0 Å². The smallest absolute Gasteiger partial charge is 0.131 e. The number of nitrogens with one attached hydrogen (secondary N) is 1. The van der Waals surface area contributed by atoms with Gasteiger partial charge in [-0.3, -0.25) is 5.41 Å². The lowest BCUT2D eigenvalue weighted by Gasteiger charge is -2.35. The van der Waals surface area contributed by atoms with Crippen LogP contribution in [0.1, 0.15) is 43.2 Å². The molecular weight excluding hydrogens is 324 g/mol. The third kappa shape index (κ3) is 3.41. The third-order valence-corrected chi connectivity index (χ3v) is 5.27. The van der Waals surface area contributed by atoms with E-state index in [0.717, 1.165) is 68.5 Å². The molecule has 2 heterocycles. The molecule has 4 heteroatoms. The van der Waals surface area contributed by atoms with Gasteiger partial charge in [0.1, 0.15) is 23.1 Å². The van der Waals surface area contributed by atoms with Gasteiger partial charge in [0.15, 0.2) is 0 Å². The summed E-state index contributed by atoms with van der Waals surface area (Å²) < 4.78 is 11.6. The Kier molecular flexibility index (Phi) is 4.83. The summed E-state index contributed by atoms with van der Waals surface area (Å²) in [7, 11) is 0. The molecule has 0 saturated carbocycles. The van der Waals surface area contributed by atoms with Crippen LogP contribution in [0, 0.1) is 5.41 Å². The summed E-state index contributed by atoms with van der Waals surface area (Å²) >= 11 is 0.